The lowest BCUT2D eigenvalue weighted by atomic mass is 9.88. The summed E-state index contributed by atoms with van der Waals surface area (Å²) in [7, 11) is 4.30. The Labute approximate surface area is 145 Å². The van der Waals surface area contributed by atoms with Crippen LogP contribution in [0.15, 0.2) is 24.3 Å². The highest BCUT2D eigenvalue weighted by atomic mass is 16.5. The van der Waals surface area contributed by atoms with Crippen molar-refractivity contribution in [3.63, 3.8) is 0 Å². The summed E-state index contributed by atoms with van der Waals surface area (Å²) in [5.41, 5.74) is 1.25. The number of hydrogen-bond donors (Lipinski definition) is 1. The van der Waals surface area contributed by atoms with Gasteiger partial charge >= 0.3 is 0 Å². The summed E-state index contributed by atoms with van der Waals surface area (Å²) in [6, 6.07) is 8.03. The zero-order valence-electron chi connectivity index (χ0n) is 15.0. The van der Waals surface area contributed by atoms with Gasteiger partial charge in [0.05, 0.1) is 5.92 Å². The zero-order chi connectivity index (χ0) is 17.0. The monoisotopic (exact) mass is 330 g/mol. The summed E-state index contributed by atoms with van der Waals surface area (Å²) in [5, 5.41) is 3.24. The number of hydrogen-bond acceptors (Lipinski definition) is 3. The molecule has 1 aliphatic carbocycles. The Kier molecular flexibility index (Phi) is 5.44. The van der Waals surface area contributed by atoms with Crippen LogP contribution in [0, 0.1) is 5.92 Å². The molecule has 3 rings (SSSR count). The minimum Gasteiger partial charge on any atom is -0.492 e. The molecular weight excluding hydrogens is 300 g/mol. The van der Waals surface area contributed by atoms with Crippen molar-refractivity contribution in [3.05, 3.63) is 29.8 Å². The largest absolute Gasteiger partial charge is 0.492 e. The molecule has 0 bridgehead atoms. The second kappa shape index (κ2) is 7.56. The van der Waals surface area contributed by atoms with Gasteiger partial charge in [-0.05, 0) is 45.0 Å². The van der Waals surface area contributed by atoms with E-state index in [1.165, 1.54) is 38.5 Å². The molecule has 1 amide bonds. The van der Waals surface area contributed by atoms with Gasteiger partial charge in [0.1, 0.15) is 12.4 Å². The lowest BCUT2D eigenvalue weighted by molar-refractivity contribution is -0.127. The fourth-order valence-electron chi connectivity index (χ4n) is 4.06. The maximum absolute atomic E-state index is 12.7. The van der Waals surface area contributed by atoms with Gasteiger partial charge < -0.3 is 15.0 Å². The first-order chi connectivity index (χ1) is 11.6. The molecule has 0 spiro atoms. The summed E-state index contributed by atoms with van der Waals surface area (Å²) < 4.78 is 5.77. The topological polar surface area (TPSA) is 41.6 Å². The van der Waals surface area contributed by atoms with Gasteiger partial charge in [0, 0.05) is 12.1 Å². The van der Waals surface area contributed by atoms with Crippen LogP contribution < -0.4 is 10.1 Å². The van der Waals surface area contributed by atoms with Crippen molar-refractivity contribution < 1.29 is 9.53 Å². The first-order valence-electron chi connectivity index (χ1n) is 9.27. The second-order valence-corrected chi connectivity index (χ2v) is 7.57. The Morgan fingerprint density at radius 2 is 1.92 bits per heavy atom. The van der Waals surface area contributed by atoms with Crippen LogP contribution in [0.3, 0.4) is 0 Å². The van der Waals surface area contributed by atoms with Crippen molar-refractivity contribution in [1.29, 1.82) is 0 Å². The Morgan fingerprint density at radius 1 is 1.21 bits per heavy atom. The van der Waals surface area contributed by atoms with Crippen molar-refractivity contribution in [2.45, 2.75) is 50.5 Å². The third kappa shape index (κ3) is 3.75. The van der Waals surface area contributed by atoms with E-state index in [9.17, 15) is 4.79 Å². The first kappa shape index (κ1) is 17.3. The number of para-hydroxylation sites is 1. The van der Waals surface area contributed by atoms with Crippen LogP contribution in [0.1, 0.15) is 44.1 Å². The van der Waals surface area contributed by atoms with E-state index < -0.39 is 0 Å². The molecule has 132 valence electrons. The van der Waals surface area contributed by atoms with Gasteiger partial charge in [-0.15, -0.1) is 0 Å². The van der Waals surface area contributed by atoms with Gasteiger partial charge in [-0.1, -0.05) is 43.9 Å². The van der Waals surface area contributed by atoms with E-state index in [0.29, 0.717) is 6.61 Å². The fourth-order valence-corrected chi connectivity index (χ4v) is 4.06. The summed E-state index contributed by atoms with van der Waals surface area (Å²) in [6.45, 7) is 1.23. The Morgan fingerprint density at radius 3 is 2.62 bits per heavy atom. The van der Waals surface area contributed by atoms with E-state index in [-0.39, 0.29) is 17.4 Å². The van der Waals surface area contributed by atoms with Crippen LogP contribution in [-0.2, 0) is 11.2 Å². The standard InChI is InChI=1S/C20H30N2O2/c1-22(2)20(11-7-3-4-8-12-20)15-21-19(23)17-13-16-9-5-6-10-18(16)24-14-17/h5-6,9-10,17H,3-4,7-8,11-15H2,1-2H3,(H,21,23)/t17-/m1/s1. The average Bonchev–Trinajstić information content (AvgIpc) is 2.86. The van der Waals surface area contributed by atoms with Crippen LogP contribution in [0.25, 0.3) is 0 Å². The molecule has 1 N–H and O–H groups in total. The number of ether oxygens (including phenoxy) is 1. The number of likely N-dealkylation sites (N-methyl/N-ethyl adjacent to an activating group) is 1. The van der Waals surface area contributed by atoms with Crippen LogP contribution >= 0.6 is 0 Å². The van der Waals surface area contributed by atoms with Crippen LogP contribution in [0.4, 0.5) is 0 Å². The highest BCUT2D eigenvalue weighted by Gasteiger charge is 2.34. The number of carbonyl (C=O) groups is 1. The molecule has 0 radical (unpaired) electrons. The molecule has 0 saturated heterocycles. The summed E-state index contributed by atoms with van der Waals surface area (Å²) in [6.07, 6.45) is 8.26. The van der Waals surface area contributed by atoms with E-state index in [0.717, 1.165) is 24.3 Å². The predicted molar refractivity (Wildman–Crippen MR) is 96.3 cm³/mol. The molecule has 1 aliphatic heterocycles. The molecule has 1 saturated carbocycles. The van der Waals surface area contributed by atoms with E-state index in [1.54, 1.807) is 0 Å². The normalized spacial score (nSPS) is 23.0. The van der Waals surface area contributed by atoms with Crippen molar-refractivity contribution in [2.75, 3.05) is 27.2 Å². The molecule has 0 aromatic heterocycles. The van der Waals surface area contributed by atoms with Gasteiger partial charge in [-0.25, -0.2) is 0 Å². The van der Waals surface area contributed by atoms with Crippen molar-refractivity contribution in [1.82, 2.24) is 10.2 Å². The highest BCUT2D eigenvalue weighted by Crippen LogP contribution is 2.31. The molecule has 1 heterocycles. The van der Waals surface area contributed by atoms with Crippen LogP contribution in [0.5, 0.6) is 5.75 Å². The molecule has 1 aromatic carbocycles. The quantitative estimate of drug-likeness (QED) is 0.863. The molecular formula is C20H30N2O2. The molecule has 1 fully saturated rings. The molecule has 24 heavy (non-hydrogen) atoms. The average molecular weight is 330 g/mol. The number of carbonyl (C=O) groups excluding carboxylic acids is 1. The third-order valence-electron chi connectivity index (χ3n) is 5.82. The van der Waals surface area contributed by atoms with Crippen molar-refractivity contribution >= 4 is 5.91 Å². The molecule has 0 unspecified atom stereocenters. The number of benzene rings is 1. The first-order valence-corrected chi connectivity index (χ1v) is 9.27. The number of fused-ring (bicyclic) bond motifs is 1. The zero-order valence-corrected chi connectivity index (χ0v) is 15.0. The van der Waals surface area contributed by atoms with Gasteiger partial charge in [0.15, 0.2) is 0 Å². The second-order valence-electron chi connectivity index (χ2n) is 7.57. The van der Waals surface area contributed by atoms with Gasteiger partial charge in [0.25, 0.3) is 0 Å². The lowest BCUT2D eigenvalue weighted by Crippen LogP contribution is -2.53. The Bertz CT molecular complexity index is 563. The van der Waals surface area contributed by atoms with E-state index in [2.05, 4.69) is 30.4 Å². The fraction of sp³-hybridized carbons (Fsp3) is 0.650. The third-order valence-corrected chi connectivity index (χ3v) is 5.82. The SMILES string of the molecule is CN(C)C1(CNC(=O)[C@H]2COc3ccccc3C2)CCCCCC1. The number of rotatable bonds is 4. The summed E-state index contributed by atoms with van der Waals surface area (Å²) in [5.74, 6) is 0.981. The van der Waals surface area contributed by atoms with Crippen molar-refractivity contribution in [3.8, 4) is 5.75 Å². The minimum absolute atomic E-state index is 0.0788. The van der Waals surface area contributed by atoms with Gasteiger partial charge in [-0.3, -0.25) is 4.79 Å². The molecule has 1 atom stereocenters. The van der Waals surface area contributed by atoms with Gasteiger partial charge in [-0.2, -0.15) is 0 Å². The minimum atomic E-state index is -0.0788. The maximum atomic E-state index is 12.7. The number of nitrogens with zero attached hydrogens (tertiary/aromatic N) is 1. The molecule has 4 heteroatoms. The highest BCUT2D eigenvalue weighted by molar-refractivity contribution is 5.79. The summed E-state index contributed by atoms with van der Waals surface area (Å²) >= 11 is 0. The lowest BCUT2D eigenvalue weighted by Gasteiger charge is -2.40. The Balaban J connectivity index is 1.60. The number of amides is 1. The van der Waals surface area contributed by atoms with Crippen LogP contribution in [0.2, 0.25) is 0 Å². The molecule has 4 nitrogen and oxygen atoms in total. The smallest absolute Gasteiger partial charge is 0.226 e. The van der Waals surface area contributed by atoms with Crippen molar-refractivity contribution in [2.24, 2.45) is 5.92 Å². The number of nitrogens with one attached hydrogen (secondary N) is 1. The predicted octanol–water partition coefficient (Wildman–Crippen LogP) is 3.01. The summed E-state index contributed by atoms with van der Waals surface area (Å²) in [4.78, 5) is 15.0. The Hall–Kier alpha value is -1.55. The van der Waals surface area contributed by atoms with Crippen LogP contribution in [-0.4, -0.2) is 43.6 Å². The molecule has 1 aromatic rings. The van der Waals surface area contributed by atoms with Gasteiger partial charge in [0.2, 0.25) is 5.91 Å². The van der Waals surface area contributed by atoms with E-state index in [4.69, 9.17) is 4.74 Å². The van der Waals surface area contributed by atoms with E-state index >= 15 is 0 Å². The molecule has 2 aliphatic rings. The van der Waals surface area contributed by atoms with E-state index in [1.807, 2.05) is 18.2 Å². The maximum Gasteiger partial charge on any atom is 0.226 e.